The second kappa shape index (κ2) is 5.96. The van der Waals surface area contributed by atoms with Crippen molar-refractivity contribution in [1.82, 2.24) is 10.3 Å². The summed E-state index contributed by atoms with van der Waals surface area (Å²) in [6.45, 7) is 8.89. The summed E-state index contributed by atoms with van der Waals surface area (Å²) in [4.78, 5) is 4.20. The first-order chi connectivity index (χ1) is 8.74. The van der Waals surface area contributed by atoms with E-state index >= 15 is 0 Å². The van der Waals surface area contributed by atoms with E-state index in [2.05, 4.69) is 55.3 Å². The maximum absolute atomic E-state index is 4.20. The molecule has 0 amide bonds. The van der Waals surface area contributed by atoms with Crippen molar-refractivity contribution in [2.75, 3.05) is 13.1 Å². The van der Waals surface area contributed by atoms with Crippen LogP contribution in [0.5, 0.6) is 0 Å². The summed E-state index contributed by atoms with van der Waals surface area (Å²) in [5.41, 5.74) is 1.43. The van der Waals surface area contributed by atoms with Crippen LogP contribution in [0.25, 0.3) is 10.8 Å². The van der Waals surface area contributed by atoms with Gasteiger partial charge in [0, 0.05) is 17.8 Å². The van der Waals surface area contributed by atoms with Gasteiger partial charge < -0.3 is 5.32 Å². The predicted octanol–water partition coefficient (Wildman–Crippen LogP) is 3.58. The lowest BCUT2D eigenvalue weighted by Crippen LogP contribution is -2.24. The summed E-state index contributed by atoms with van der Waals surface area (Å²) in [5, 5.41) is 6.00. The third-order valence-electron chi connectivity index (χ3n) is 3.77. The van der Waals surface area contributed by atoms with Gasteiger partial charge in [-0.3, -0.25) is 4.98 Å². The summed E-state index contributed by atoms with van der Waals surface area (Å²) < 4.78 is 0. The smallest absolute Gasteiger partial charge is 0.0346 e. The second-order valence-electron chi connectivity index (χ2n) is 5.02. The van der Waals surface area contributed by atoms with Gasteiger partial charge >= 0.3 is 0 Å². The molecule has 0 aliphatic heterocycles. The van der Waals surface area contributed by atoms with Crippen molar-refractivity contribution in [3.63, 3.8) is 0 Å². The molecule has 96 valence electrons. The molecule has 0 saturated carbocycles. The highest BCUT2D eigenvalue weighted by molar-refractivity contribution is 5.85. The van der Waals surface area contributed by atoms with Gasteiger partial charge in [-0.1, -0.05) is 39.0 Å². The molecular weight excluding hydrogens is 220 g/mol. The molecule has 0 bridgehead atoms. The normalized spacial score (nSPS) is 14.6. The first kappa shape index (κ1) is 13.0. The monoisotopic (exact) mass is 242 g/mol. The fourth-order valence-electron chi connectivity index (χ4n) is 2.40. The Hall–Kier alpha value is -1.41. The van der Waals surface area contributed by atoms with Crippen LogP contribution in [0.4, 0.5) is 0 Å². The van der Waals surface area contributed by atoms with Crippen LogP contribution >= 0.6 is 0 Å². The molecule has 0 aliphatic carbocycles. The lowest BCUT2D eigenvalue weighted by molar-refractivity contribution is 0.456. The van der Waals surface area contributed by atoms with E-state index in [0.717, 1.165) is 13.1 Å². The third kappa shape index (κ3) is 2.70. The lowest BCUT2D eigenvalue weighted by atomic mass is 9.86. The topological polar surface area (TPSA) is 24.9 Å². The summed E-state index contributed by atoms with van der Waals surface area (Å²) in [6, 6.07) is 8.64. The number of pyridine rings is 1. The summed E-state index contributed by atoms with van der Waals surface area (Å²) in [7, 11) is 0. The Morgan fingerprint density at radius 3 is 2.83 bits per heavy atom. The largest absolute Gasteiger partial charge is 0.317 e. The molecule has 0 saturated heterocycles. The number of fused-ring (bicyclic) bond motifs is 1. The summed E-state index contributed by atoms with van der Waals surface area (Å²) in [5.74, 6) is 1.18. The molecule has 0 aliphatic rings. The van der Waals surface area contributed by atoms with E-state index in [1.54, 1.807) is 0 Å². The molecule has 2 aromatic rings. The van der Waals surface area contributed by atoms with E-state index < -0.39 is 0 Å². The molecule has 2 rings (SSSR count). The van der Waals surface area contributed by atoms with Crippen LogP contribution in [0.15, 0.2) is 36.7 Å². The van der Waals surface area contributed by atoms with Crippen LogP contribution in [0.3, 0.4) is 0 Å². The molecule has 1 aromatic heterocycles. The molecule has 2 unspecified atom stereocenters. The standard InChI is InChI=1S/C16H22N2/c1-4-17-10-12(2)13(3)15-7-5-6-14-11-18-9-8-16(14)15/h5-9,11-13,17H,4,10H2,1-3H3. The van der Waals surface area contributed by atoms with E-state index in [4.69, 9.17) is 0 Å². The summed E-state index contributed by atoms with van der Waals surface area (Å²) in [6.07, 6.45) is 3.83. The van der Waals surface area contributed by atoms with Crippen LogP contribution in [0.1, 0.15) is 32.3 Å². The van der Waals surface area contributed by atoms with E-state index in [-0.39, 0.29) is 0 Å². The molecule has 1 aromatic carbocycles. The Kier molecular flexibility index (Phi) is 4.32. The van der Waals surface area contributed by atoms with Gasteiger partial charge in [0.15, 0.2) is 0 Å². The Balaban J connectivity index is 2.29. The van der Waals surface area contributed by atoms with Crippen LogP contribution in [0, 0.1) is 5.92 Å². The van der Waals surface area contributed by atoms with Gasteiger partial charge in [0.2, 0.25) is 0 Å². The number of nitrogens with zero attached hydrogens (tertiary/aromatic N) is 1. The fourth-order valence-corrected chi connectivity index (χ4v) is 2.40. The third-order valence-corrected chi connectivity index (χ3v) is 3.77. The van der Waals surface area contributed by atoms with Crippen molar-refractivity contribution in [2.24, 2.45) is 5.92 Å². The highest BCUT2D eigenvalue weighted by Gasteiger charge is 2.15. The van der Waals surface area contributed by atoms with Crippen LogP contribution in [0.2, 0.25) is 0 Å². The van der Waals surface area contributed by atoms with E-state index in [9.17, 15) is 0 Å². The number of rotatable bonds is 5. The van der Waals surface area contributed by atoms with Crippen molar-refractivity contribution >= 4 is 10.8 Å². The molecular formula is C16H22N2. The Bertz CT molecular complexity index is 502. The minimum atomic E-state index is 0.551. The quantitative estimate of drug-likeness (QED) is 0.866. The SMILES string of the molecule is CCNCC(C)C(C)c1cccc2cnccc12. The van der Waals surface area contributed by atoms with Crippen LogP contribution < -0.4 is 5.32 Å². The van der Waals surface area contributed by atoms with Crippen molar-refractivity contribution < 1.29 is 0 Å². The molecule has 1 heterocycles. The highest BCUT2D eigenvalue weighted by Crippen LogP contribution is 2.29. The van der Waals surface area contributed by atoms with E-state index in [1.165, 1.54) is 16.3 Å². The van der Waals surface area contributed by atoms with Crippen LogP contribution in [-0.2, 0) is 0 Å². The average molecular weight is 242 g/mol. The van der Waals surface area contributed by atoms with E-state index in [1.807, 2.05) is 12.4 Å². The van der Waals surface area contributed by atoms with Gasteiger partial charge in [0.05, 0.1) is 0 Å². The highest BCUT2D eigenvalue weighted by atomic mass is 14.8. The molecule has 0 radical (unpaired) electrons. The fraction of sp³-hybridized carbons (Fsp3) is 0.438. The number of hydrogen-bond donors (Lipinski definition) is 1. The number of hydrogen-bond acceptors (Lipinski definition) is 2. The Morgan fingerprint density at radius 2 is 2.06 bits per heavy atom. The number of nitrogens with one attached hydrogen (secondary N) is 1. The maximum atomic E-state index is 4.20. The molecule has 2 nitrogen and oxygen atoms in total. The van der Waals surface area contributed by atoms with Crippen molar-refractivity contribution in [3.05, 3.63) is 42.2 Å². The zero-order chi connectivity index (χ0) is 13.0. The lowest BCUT2D eigenvalue weighted by Gasteiger charge is -2.22. The minimum absolute atomic E-state index is 0.551. The van der Waals surface area contributed by atoms with Crippen LogP contribution in [-0.4, -0.2) is 18.1 Å². The first-order valence-electron chi connectivity index (χ1n) is 6.77. The van der Waals surface area contributed by atoms with E-state index in [0.29, 0.717) is 11.8 Å². The predicted molar refractivity (Wildman–Crippen MR) is 77.9 cm³/mol. The molecule has 0 spiro atoms. The molecule has 0 fully saturated rings. The molecule has 2 atom stereocenters. The van der Waals surface area contributed by atoms with Gasteiger partial charge in [0.1, 0.15) is 0 Å². The van der Waals surface area contributed by atoms with Crippen molar-refractivity contribution in [2.45, 2.75) is 26.7 Å². The van der Waals surface area contributed by atoms with Gasteiger partial charge in [-0.05, 0) is 41.9 Å². The number of benzene rings is 1. The Morgan fingerprint density at radius 1 is 1.22 bits per heavy atom. The van der Waals surface area contributed by atoms with Gasteiger partial charge in [-0.2, -0.15) is 0 Å². The number of aromatic nitrogens is 1. The molecule has 2 heteroatoms. The summed E-state index contributed by atoms with van der Waals surface area (Å²) >= 11 is 0. The zero-order valence-electron chi connectivity index (χ0n) is 11.5. The van der Waals surface area contributed by atoms with Crippen molar-refractivity contribution in [1.29, 1.82) is 0 Å². The zero-order valence-corrected chi connectivity index (χ0v) is 11.5. The van der Waals surface area contributed by atoms with Crippen molar-refractivity contribution in [3.8, 4) is 0 Å². The minimum Gasteiger partial charge on any atom is -0.317 e. The van der Waals surface area contributed by atoms with Gasteiger partial charge in [-0.15, -0.1) is 0 Å². The molecule has 18 heavy (non-hydrogen) atoms. The second-order valence-corrected chi connectivity index (χ2v) is 5.02. The molecule has 1 N–H and O–H groups in total. The van der Waals surface area contributed by atoms with Gasteiger partial charge in [0.25, 0.3) is 0 Å². The Labute approximate surface area is 109 Å². The first-order valence-corrected chi connectivity index (χ1v) is 6.77. The average Bonchev–Trinajstić information content (AvgIpc) is 2.43. The maximum Gasteiger partial charge on any atom is 0.0346 e. The van der Waals surface area contributed by atoms with Gasteiger partial charge in [-0.25, -0.2) is 0 Å².